The fourth-order valence-electron chi connectivity index (χ4n) is 2.32. The van der Waals surface area contributed by atoms with Crippen LogP contribution in [0.1, 0.15) is 37.6 Å². The van der Waals surface area contributed by atoms with Crippen LogP contribution >= 0.6 is 0 Å². The smallest absolute Gasteiger partial charge is 0.134 e. The van der Waals surface area contributed by atoms with E-state index in [1.165, 1.54) is 12.8 Å². The standard InChI is InChI=1S/C14H24N4O/c1-4-15-13-10(2)14(18-11(3)17-13)16-9-12-7-5-6-8-19-12/h12H,4-9H2,1-3H3,(H2,15,16,17,18). The molecule has 0 aromatic carbocycles. The quantitative estimate of drug-likeness (QED) is 0.855. The van der Waals surface area contributed by atoms with Crippen LogP contribution in [0.15, 0.2) is 0 Å². The summed E-state index contributed by atoms with van der Waals surface area (Å²) in [6.45, 7) is 8.60. The van der Waals surface area contributed by atoms with E-state index < -0.39 is 0 Å². The minimum atomic E-state index is 0.311. The van der Waals surface area contributed by atoms with Gasteiger partial charge in [-0.05, 0) is 40.0 Å². The van der Waals surface area contributed by atoms with E-state index >= 15 is 0 Å². The molecule has 5 nitrogen and oxygen atoms in total. The number of hydrogen-bond donors (Lipinski definition) is 2. The number of nitrogens with one attached hydrogen (secondary N) is 2. The first-order valence-electron chi connectivity index (χ1n) is 7.15. The van der Waals surface area contributed by atoms with Crippen molar-refractivity contribution >= 4 is 11.6 Å². The van der Waals surface area contributed by atoms with Gasteiger partial charge in [0, 0.05) is 25.3 Å². The zero-order valence-corrected chi connectivity index (χ0v) is 12.1. The summed E-state index contributed by atoms with van der Waals surface area (Å²) in [4.78, 5) is 8.91. The van der Waals surface area contributed by atoms with Crippen molar-refractivity contribution in [1.82, 2.24) is 9.97 Å². The van der Waals surface area contributed by atoms with Crippen molar-refractivity contribution in [2.45, 2.75) is 46.1 Å². The molecule has 1 aliphatic rings. The van der Waals surface area contributed by atoms with Crippen molar-refractivity contribution < 1.29 is 4.74 Å². The Labute approximate surface area is 115 Å². The third-order valence-corrected chi connectivity index (χ3v) is 3.37. The van der Waals surface area contributed by atoms with Crippen LogP contribution in [-0.2, 0) is 4.74 Å². The Balaban J connectivity index is 2.02. The lowest BCUT2D eigenvalue weighted by Gasteiger charge is -2.23. The number of aromatic nitrogens is 2. The second-order valence-electron chi connectivity index (χ2n) is 4.99. The molecule has 1 aromatic heterocycles. The van der Waals surface area contributed by atoms with Gasteiger partial charge in [-0.2, -0.15) is 0 Å². The van der Waals surface area contributed by atoms with E-state index in [0.29, 0.717) is 6.10 Å². The van der Waals surface area contributed by atoms with Gasteiger partial charge in [0.2, 0.25) is 0 Å². The number of aryl methyl sites for hydroxylation is 1. The Morgan fingerprint density at radius 2 is 1.89 bits per heavy atom. The SMILES string of the molecule is CCNc1nc(C)nc(NCC2CCCCO2)c1C. The molecule has 1 aromatic rings. The highest BCUT2D eigenvalue weighted by Gasteiger charge is 2.15. The average Bonchev–Trinajstić information content (AvgIpc) is 2.42. The van der Waals surface area contributed by atoms with Gasteiger partial charge in [-0.3, -0.25) is 0 Å². The van der Waals surface area contributed by atoms with Gasteiger partial charge in [0.25, 0.3) is 0 Å². The summed E-state index contributed by atoms with van der Waals surface area (Å²) in [5.74, 6) is 2.62. The summed E-state index contributed by atoms with van der Waals surface area (Å²) in [5, 5.41) is 6.68. The van der Waals surface area contributed by atoms with Gasteiger partial charge in [-0.1, -0.05) is 0 Å². The van der Waals surface area contributed by atoms with Crippen LogP contribution in [0.2, 0.25) is 0 Å². The number of nitrogens with zero attached hydrogens (tertiary/aromatic N) is 2. The monoisotopic (exact) mass is 264 g/mol. The molecule has 1 atom stereocenters. The molecule has 19 heavy (non-hydrogen) atoms. The van der Waals surface area contributed by atoms with E-state index in [-0.39, 0.29) is 0 Å². The summed E-state index contributed by atoms with van der Waals surface area (Å²) in [6.07, 6.45) is 3.89. The summed E-state index contributed by atoms with van der Waals surface area (Å²) >= 11 is 0. The Morgan fingerprint density at radius 3 is 2.53 bits per heavy atom. The van der Waals surface area contributed by atoms with Crippen LogP contribution in [-0.4, -0.2) is 35.8 Å². The molecule has 106 valence electrons. The maximum atomic E-state index is 5.73. The van der Waals surface area contributed by atoms with E-state index in [9.17, 15) is 0 Å². The summed E-state index contributed by atoms with van der Waals surface area (Å²) < 4.78 is 5.73. The molecule has 1 saturated heterocycles. The third kappa shape index (κ3) is 3.80. The predicted octanol–water partition coefficient (Wildman–Crippen LogP) is 2.51. The molecule has 0 amide bonds. The Hall–Kier alpha value is -1.36. The van der Waals surface area contributed by atoms with Crippen molar-refractivity contribution in [3.8, 4) is 0 Å². The van der Waals surface area contributed by atoms with E-state index in [1.807, 2.05) is 13.8 Å². The van der Waals surface area contributed by atoms with E-state index in [2.05, 4.69) is 27.5 Å². The molecule has 0 aliphatic carbocycles. The van der Waals surface area contributed by atoms with Crippen LogP contribution in [0.3, 0.4) is 0 Å². The van der Waals surface area contributed by atoms with Crippen LogP contribution in [0.4, 0.5) is 11.6 Å². The molecule has 1 aliphatic heterocycles. The first kappa shape index (κ1) is 14.1. The molecule has 0 spiro atoms. The van der Waals surface area contributed by atoms with Crippen molar-refractivity contribution in [2.75, 3.05) is 30.3 Å². The molecular formula is C14H24N4O. The van der Waals surface area contributed by atoms with E-state index in [4.69, 9.17) is 4.74 Å². The van der Waals surface area contributed by atoms with Crippen molar-refractivity contribution in [1.29, 1.82) is 0 Å². The lowest BCUT2D eigenvalue weighted by Crippen LogP contribution is -2.27. The highest BCUT2D eigenvalue weighted by molar-refractivity contribution is 5.57. The van der Waals surface area contributed by atoms with Gasteiger partial charge >= 0.3 is 0 Å². The fourth-order valence-corrected chi connectivity index (χ4v) is 2.32. The molecule has 5 heteroatoms. The largest absolute Gasteiger partial charge is 0.376 e. The maximum Gasteiger partial charge on any atom is 0.134 e. The van der Waals surface area contributed by atoms with Crippen molar-refractivity contribution in [2.24, 2.45) is 0 Å². The molecule has 0 bridgehead atoms. The molecule has 2 N–H and O–H groups in total. The fraction of sp³-hybridized carbons (Fsp3) is 0.714. The third-order valence-electron chi connectivity index (χ3n) is 3.37. The van der Waals surface area contributed by atoms with Crippen LogP contribution < -0.4 is 10.6 Å². The minimum Gasteiger partial charge on any atom is -0.376 e. The Kier molecular flexibility index (Phi) is 4.96. The lowest BCUT2D eigenvalue weighted by atomic mass is 10.1. The van der Waals surface area contributed by atoms with Crippen LogP contribution in [0.5, 0.6) is 0 Å². The van der Waals surface area contributed by atoms with Gasteiger partial charge in [-0.25, -0.2) is 9.97 Å². The average molecular weight is 264 g/mol. The van der Waals surface area contributed by atoms with E-state index in [1.54, 1.807) is 0 Å². The van der Waals surface area contributed by atoms with Gasteiger partial charge in [0.15, 0.2) is 0 Å². The normalized spacial score (nSPS) is 19.2. The first-order valence-corrected chi connectivity index (χ1v) is 7.15. The molecule has 1 fully saturated rings. The summed E-state index contributed by atoms with van der Waals surface area (Å²) in [5.41, 5.74) is 1.07. The van der Waals surface area contributed by atoms with Gasteiger partial charge in [-0.15, -0.1) is 0 Å². The molecular weight excluding hydrogens is 240 g/mol. The number of ether oxygens (including phenoxy) is 1. The van der Waals surface area contributed by atoms with Gasteiger partial charge in [0.05, 0.1) is 6.10 Å². The zero-order valence-electron chi connectivity index (χ0n) is 12.1. The van der Waals surface area contributed by atoms with Crippen molar-refractivity contribution in [3.05, 3.63) is 11.4 Å². The molecule has 2 rings (SSSR count). The highest BCUT2D eigenvalue weighted by atomic mass is 16.5. The summed E-state index contributed by atoms with van der Waals surface area (Å²) in [7, 11) is 0. The summed E-state index contributed by atoms with van der Waals surface area (Å²) in [6, 6.07) is 0. The number of rotatable bonds is 5. The second-order valence-corrected chi connectivity index (χ2v) is 4.99. The van der Waals surface area contributed by atoms with Crippen molar-refractivity contribution in [3.63, 3.8) is 0 Å². The molecule has 0 saturated carbocycles. The topological polar surface area (TPSA) is 59.1 Å². The second kappa shape index (κ2) is 6.70. The van der Waals surface area contributed by atoms with Crippen LogP contribution in [0, 0.1) is 13.8 Å². The van der Waals surface area contributed by atoms with Gasteiger partial charge < -0.3 is 15.4 Å². The predicted molar refractivity (Wildman–Crippen MR) is 77.8 cm³/mol. The molecule has 2 heterocycles. The number of anilines is 2. The Bertz CT molecular complexity index is 416. The van der Waals surface area contributed by atoms with E-state index in [0.717, 1.165) is 49.1 Å². The Morgan fingerprint density at radius 1 is 1.16 bits per heavy atom. The maximum absolute atomic E-state index is 5.73. The minimum absolute atomic E-state index is 0.311. The zero-order chi connectivity index (χ0) is 13.7. The van der Waals surface area contributed by atoms with Gasteiger partial charge in [0.1, 0.15) is 17.5 Å². The highest BCUT2D eigenvalue weighted by Crippen LogP contribution is 2.20. The van der Waals surface area contributed by atoms with Crippen LogP contribution in [0.25, 0.3) is 0 Å². The molecule has 1 unspecified atom stereocenters. The first-order chi connectivity index (χ1) is 9.20. The number of hydrogen-bond acceptors (Lipinski definition) is 5. The lowest BCUT2D eigenvalue weighted by molar-refractivity contribution is 0.0247. The molecule has 0 radical (unpaired) electrons.